The molecule has 0 aliphatic heterocycles. The van der Waals surface area contributed by atoms with Gasteiger partial charge in [-0.2, -0.15) is 13.2 Å². The molecule has 1 aliphatic rings. The molecule has 8 nitrogen and oxygen atoms in total. The van der Waals surface area contributed by atoms with Crippen LogP contribution in [0.1, 0.15) is 70.9 Å². The van der Waals surface area contributed by atoms with Gasteiger partial charge >= 0.3 is 6.18 Å². The van der Waals surface area contributed by atoms with Crippen LogP contribution in [0.25, 0.3) is 0 Å². The summed E-state index contributed by atoms with van der Waals surface area (Å²) in [7, 11) is 0. The fraction of sp³-hybridized carbons (Fsp3) is 0.581. The number of benzene rings is 1. The Morgan fingerprint density at radius 3 is 2.33 bits per heavy atom. The Kier molecular flexibility index (Phi) is 12.8. The lowest BCUT2D eigenvalue weighted by molar-refractivity contribution is -0.137. The molecule has 42 heavy (non-hydrogen) atoms. The molecule has 0 fully saturated rings. The maximum Gasteiger partial charge on any atom is 0.416 e. The molecular weight excluding hydrogens is 549 g/mol. The number of hydrogen-bond acceptors (Lipinski definition) is 5. The van der Waals surface area contributed by atoms with Crippen molar-refractivity contribution in [1.29, 1.82) is 0 Å². The van der Waals surface area contributed by atoms with E-state index in [1.807, 2.05) is 27.7 Å². The van der Waals surface area contributed by atoms with Gasteiger partial charge in [-0.25, -0.2) is 0 Å². The molecule has 3 amide bonds. The lowest BCUT2D eigenvalue weighted by Gasteiger charge is -2.37. The van der Waals surface area contributed by atoms with Crippen LogP contribution in [0.4, 0.5) is 13.2 Å². The van der Waals surface area contributed by atoms with Gasteiger partial charge in [-0.3, -0.25) is 14.4 Å². The van der Waals surface area contributed by atoms with E-state index in [1.165, 1.54) is 24.3 Å². The van der Waals surface area contributed by atoms with E-state index in [9.17, 15) is 32.7 Å². The first-order valence-electron chi connectivity index (χ1n) is 14.5. The van der Waals surface area contributed by atoms with Gasteiger partial charge in [0, 0.05) is 36.8 Å². The van der Waals surface area contributed by atoms with E-state index in [-0.39, 0.29) is 41.9 Å². The number of rotatable bonds is 15. The number of aliphatic hydroxyl groups excluding tert-OH is 1. The quantitative estimate of drug-likeness (QED) is 0.244. The highest BCUT2D eigenvalue weighted by Gasteiger charge is 2.44. The minimum Gasteiger partial charge on any atom is -0.391 e. The molecule has 2 rings (SSSR count). The summed E-state index contributed by atoms with van der Waals surface area (Å²) in [6, 6.07) is 3.64. The maximum atomic E-state index is 13.8. The number of primary amides is 1. The average Bonchev–Trinajstić information content (AvgIpc) is 2.91. The molecule has 11 heteroatoms. The van der Waals surface area contributed by atoms with E-state index in [2.05, 4.69) is 5.32 Å². The van der Waals surface area contributed by atoms with Crippen molar-refractivity contribution in [2.75, 3.05) is 19.6 Å². The molecule has 0 heterocycles. The Labute approximate surface area is 246 Å². The molecule has 6 N–H and O–H groups in total. The van der Waals surface area contributed by atoms with Crippen LogP contribution in [-0.4, -0.2) is 59.5 Å². The summed E-state index contributed by atoms with van der Waals surface area (Å²) in [6.07, 6.45) is -1.48. The predicted molar refractivity (Wildman–Crippen MR) is 156 cm³/mol. The number of nitrogens with two attached hydrogens (primary N) is 2. The molecule has 3 atom stereocenters. The Bertz CT molecular complexity index is 1160. The molecule has 0 saturated heterocycles. The number of aliphatic hydroxyl groups is 1. The summed E-state index contributed by atoms with van der Waals surface area (Å²) in [5, 5.41) is 14.1. The molecule has 0 bridgehead atoms. The SMILES string of the molecule is CCCN(CCC)C(=O)C1=CC(C(N)=O)=CC(C[C@@H](O)[C@@H](N)Cc2cccc(C(F)(F)F)c2)(C(=O)NCCC(C)C)C1. The van der Waals surface area contributed by atoms with Crippen LogP contribution in [-0.2, 0) is 27.0 Å². The molecular formula is C31H45F3N4O4. The predicted octanol–water partition coefficient (Wildman–Crippen LogP) is 3.87. The van der Waals surface area contributed by atoms with Gasteiger partial charge in [-0.1, -0.05) is 52.0 Å². The Morgan fingerprint density at radius 2 is 1.79 bits per heavy atom. The summed E-state index contributed by atoms with van der Waals surface area (Å²) in [4.78, 5) is 41.5. The molecule has 1 aliphatic carbocycles. The van der Waals surface area contributed by atoms with Crippen molar-refractivity contribution in [3.05, 3.63) is 58.7 Å². The van der Waals surface area contributed by atoms with Crippen LogP contribution in [0, 0.1) is 11.3 Å². The number of alkyl halides is 3. The van der Waals surface area contributed by atoms with Crippen LogP contribution in [0.3, 0.4) is 0 Å². The zero-order valence-electron chi connectivity index (χ0n) is 25.0. The molecule has 1 unspecified atom stereocenters. The molecule has 0 radical (unpaired) electrons. The number of halogens is 3. The number of hydrogen-bond donors (Lipinski definition) is 4. The van der Waals surface area contributed by atoms with Crippen molar-refractivity contribution in [3.8, 4) is 0 Å². The highest BCUT2D eigenvalue weighted by atomic mass is 19.4. The Balaban J connectivity index is 2.45. The molecule has 0 spiro atoms. The maximum absolute atomic E-state index is 13.8. The number of nitrogens with zero attached hydrogens (tertiary/aromatic N) is 1. The van der Waals surface area contributed by atoms with Crippen molar-refractivity contribution in [2.45, 2.75) is 84.5 Å². The van der Waals surface area contributed by atoms with Crippen LogP contribution >= 0.6 is 0 Å². The summed E-state index contributed by atoms with van der Waals surface area (Å²) >= 11 is 0. The molecule has 0 aromatic heterocycles. The largest absolute Gasteiger partial charge is 0.416 e. The number of amides is 3. The summed E-state index contributed by atoms with van der Waals surface area (Å²) in [5.74, 6) is -1.36. The van der Waals surface area contributed by atoms with Gasteiger partial charge < -0.3 is 26.8 Å². The van der Waals surface area contributed by atoms with Crippen molar-refractivity contribution in [2.24, 2.45) is 22.8 Å². The smallest absolute Gasteiger partial charge is 0.391 e. The summed E-state index contributed by atoms with van der Waals surface area (Å²) in [6.45, 7) is 9.17. The second kappa shape index (κ2) is 15.3. The lowest BCUT2D eigenvalue weighted by Crippen LogP contribution is -2.49. The highest BCUT2D eigenvalue weighted by molar-refractivity contribution is 6.03. The second-order valence-corrected chi connectivity index (χ2v) is 11.5. The van der Waals surface area contributed by atoms with Gasteiger partial charge in [0.2, 0.25) is 17.7 Å². The molecule has 234 valence electrons. The fourth-order valence-electron chi connectivity index (χ4n) is 5.13. The van der Waals surface area contributed by atoms with Gasteiger partial charge in [0.15, 0.2) is 0 Å². The topological polar surface area (TPSA) is 139 Å². The zero-order chi connectivity index (χ0) is 31.7. The van der Waals surface area contributed by atoms with E-state index in [1.54, 1.807) is 4.90 Å². The van der Waals surface area contributed by atoms with Crippen molar-refractivity contribution < 1.29 is 32.7 Å². The van der Waals surface area contributed by atoms with Gasteiger partial charge in [0.05, 0.1) is 17.1 Å². The van der Waals surface area contributed by atoms with E-state index in [0.717, 1.165) is 12.1 Å². The van der Waals surface area contributed by atoms with Crippen molar-refractivity contribution >= 4 is 17.7 Å². The van der Waals surface area contributed by atoms with Crippen LogP contribution < -0.4 is 16.8 Å². The first-order chi connectivity index (χ1) is 19.6. The fourth-order valence-corrected chi connectivity index (χ4v) is 5.13. The number of carbonyl (C=O) groups excluding carboxylic acids is 3. The Morgan fingerprint density at radius 1 is 1.14 bits per heavy atom. The average molecular weight is 595 g/mol. The van der Waals surface area contributed by atoms with Crippen LogP contribution in [0.2, 0.25) is 0 Å². The highest BCUT2D eigenvalue weighted by Crippen LogP contribution is 2.40. The van der Waals surface area contributed by atoms with Gasteiger partial charge in [0.25, 0.3) is 0 Å². The normalized spacial score (nSPS) is 18.6. The molecule has 1 aromatic carbocycles. The third-order valence-electron chi connectivity index (χ3n) is 7.35. The van der Waals surface area contributed by atoms with E-state index < -0.39 is 41.1 Å². The Hall–Kier alpha value is -3.18. The lowest BCUT2D eigenvalue weighted by atomic mass is 9.70. The second-order valence-electron chi connectivity index (χ2n) is 11.5. The summed E-state index contributed by atoms with van der Waals surface area (Å²) in [5.41, 5.74) is 9.99. The molecule has 0 saturated carbocycles. The minimum absolute atomic E-state index is 0.0322. The number of nitrogens with one attached hydrogen (secondary N) is 1. The van der Waals surface area contributed by atoms with Crippen LogP contribution in [0.5, 0.6) is 0 Å². The van der Waals surface area contributed by atoms with Crippen molar-refractivity contribution in [1.82, 2.24) is 10.2 Å². The van der Waals surface area contributed by atoms with E-state index in [0.29, 0.717) is 44.8 Å². The van der Waals surface area contributed by atoms with E-state index in [4.69, 9.17) is 11.5 Å². The third-order valence-corrected chi connectivity index (χ3v) is 7.35. The monoisotopic (exact) mass is 594 g/mol. The number of carbonyl (C=O) groups is 3. The minimum atomic E-state index is -4.53. The van der Waals surface area contributed by atoms with E-state index >= 15 is 0 Å². The molecule has 1 aromatic rings. The van der Waals surface area contributed by atoms with Gasteiger partial charge in [-0.05, 0) is 62.1 Å². The summed E-state index contributed by atoms with van der Waals surface area (Å²) < 4.78 is 39.6. The first-order valence-corrected chi connectivity index (χ1v) is 14.5. The first kappa shape index (κ1) is 35.0. The van der Waals surface area contributed by atoms with Crippen LogP contribution in [0.15, 0.2) is 47.6 Å². The van der Waals surface area contributed by atoms with Crippen molar-refractivity contribution in [3.63, 3.8) is 0 Å². The van der Waals surface area contributed by atoms with Gasteiger partial charge in [0.1, 0.15) is 0 Å². The van der Waals surface area contributed by atoms with Gasteiger partial charge in [-0.15, -0.1) is 0 Å². The standard InChI is InChI=1S/C31H45F3N4O4/c1-5-12-38(13-6-2)28(41)23-16-22(27(36)40)17-30(18-23,29(42)37-11-10-20(3)4)19-26(39)25(35)15-21-8-7-9-24(14-21)31(32,33)34/h7-9,14,16-17,20,25-26,39H,5-6,10-13,15,18-19,35H2,1-4H3,(H2,36,40)(H,37,42)/t25-,26+,30?/m0/s1. The zero-order valence-corrected chi connectivity index (χ0v) is 25.0. The third kappa shape index (κ3) is 9.69.